The average molecular weight is 417 g/mol. The predicted molar refractivity (Wildman–Crippen MR) is 122 cm³/mol. The van der Waals surface area contributed by atoms with Crippen molar-refractivity contribution in [3.05, 3.63) is 71.9 Å². The lowest BCUT2D eigenvalue weighted by Gasteiger charge is -2.38. The van der Waals surface area contributed by atoms with E-state index in [9.17, 15) is 9.90 Å². The molecule has 1 fully saturated rings. The van der Waals surface area contributed by atoms with Crippen molar-refractivity contribution < 1.29 is 9.90 Å². The van der Waals surface area contributed by atoms with E-state index in [1.54, 1.807) is 0 Å². The number of carboxylic acids is 1. The first-order valence-electron chi connectivity index (χ1n) is 10.5. The van der Waals surface area contributed by atoms with Crippen LogP contribution in [0.3, 0.4) is 0 Å². The summed E-state index contributed by atoms with van der Waals surface area (Å²) in [6.07, 6.45) is 2.28. The summed E-state index contributed by atoms with van der Waals surface area (Å²) in [4.78, 5) is 21.2. The number of hydrazine groups is 1. The molecular formula is C25H28N4O2. The van der Waals surface area contributed by atoms with Gasteiger partial charge in [0.25, 0.3) is 0 Å². The van der Waals surface area contributed by atoms with Gasteiger partial charge in [-0.05, 0) is 36.6 Å². The van der Waals surface area contributed by atoms with Gasteiger partial charge in [0.1, 0.15) is 0 Å². The molecule has 1 aromatic heterocycles. The molecule has 4 rings (SSSR count). The van der Waals surface area contributed by atoms with Crippen molar-refractivity contribution in [2.75, 3.05) is 5.01 Å². The van der Waals surface area contributed by atoms with E-state index in [1.165, 1.54) is 5.01 Å². The molecule has 1 saturated carbocycles. The minimum absolute atomic E-state index is 0.177. The summed E-state index contributed by atoms with van der Waals surface area (Å²) in [6.45, 7) is 6.31. The van der Waals surface area contributed by atoms with E-state index in [-0.39, 0.29) is 5.41 Å². The monoisotopic (exact) mass is 416 g/mol. The van der Waals surface area contributed by atoms with Gasteiger partial charge in [0.2, 0.25) is 5.95 Å². The quantitative estimate of drug-likeness (QED) is 0.451. The van der Waals surface area contributed by atoms with Crippen molar-refractivity contribution in [3.63, 3.8) is 0 Å². The van der Waals surface area contributed by atoms with Crippen LogP contribution < -0.4 is 10.9 Å². The first kappa shape index (κ1) is 21.0. The van der Waals surface area contributed by atoms with Crippen molar-refractivity contribution in [1.82, 2.24) is 9.97 Å². The van der Waals surface area contributed by atoms with Gasteiger partial charge in [-0.1, -0.05) is 69.7 Å². The van der Waals surface area contributed by atoms with E-state index < -0.39 is 11.4 Å². The Morgan fingerprint density at radius 3 is 2.19 bits per heavy atom. The maximum absolute atomic E-state index is 11.8. The van der Waals surface area contributed by atoms with Crippen LogP contribution >= 0.6 is 0 Å². The van der Waals surface area contributed by atoms with Crippen LogP contribution in [-0.4, -0.2) is 21.0 Å². The summed E-state index contributed by atoms with van der Waals surface area (Å²) in [5.41, 5.74) is 3.27. The van der Waals surface area contributed by atoms with Crippen molar-refractivity contribution >= 4 is 17.6 Å². The maximum Gasteiger partial charge on any atom is 0.314 e. The number of hydrogen-bond donors (Lipinski definition) is 2. The minimum atomic E-state index is -0.763. The molecule has 31 heavy (non-hydrogen) atoms. The summed E-state index contributed by atoms with van der Waals surface area (Å²) >= 11 is 0. The molecule has 0 bridgehead atoms. The largest absolute Gasteiger partial charge is 0.481 e. The summed E-state index contributed by atoms with van der Waals surface area (Å²) in [7, 11) is 0. The number of nitrogens with zero attached hydrogens (tertiary/aromatic N) is 3. The van der Waals surface area contributed by atoms with Gasteiger partial charge < -0.3 is 5.11 Å². The molecule has 0 radical (unpaired) electrons. The lowest BCUT2D eigenvalue weighted by atomic mass is 9.64. The van der Waals surface area contributed by atoms with Crippen LogP contribution in [0.5, 0.6) is 0 Å². The summed E-state index contributed by atoms with van der Waals surface area (Å²) in [5, 5.41) is 11.1. The average Bonchev–Trinajstić information content (AvgIpc) is 2.72. The second-order valence-electron chi connectivity index (χ2n) is 9.21. The van der Waals surface area contributed by atoms with Crippen molar-refractivity contribution in [2.24, 2.45) is 5.84 Å². The fraction of sp³-hybridized carbons (Fsp3) is 0.320. The fourth-order valence-electron chi connectivity index (χ4n) is 3.90. The number of anilines is 2. The highest BCUT2D eigenvalue weighted by Crippen LogP contribution is 2.44. The third kappa shape index (κ3) is 3.91. The van der Waals surface area contributed by atoms with Crippen LogP contribution in [0, 0.1) is 0 Å². The molecule has 1 heterocycles. The molecule has 3 N–H and O–H groups in total. The first-order valence-corrected chi connectivity index (χ1v) is 10.5. The van der Waals surface area contributed by atoms with Crippen LogP contribution in [0.25, 0.3) is 11.3 Å². The fourth-order valence-corrected chi connectivity index (χ4v) is 3.90. The van der Waals surface area contributed by atoms with Crippen molar-refractivity contribution in [2.45, 2.75) is 50.9 Å². The van der Waals surface area contributed by atoms with Crippen LogP contribution in [0.15, 0.2) is 60.7 Å². The highest BCUT2D eigenvalue weighted by molar-refractivity contribution is 5.82. The standard InChI is InChI=1S/C25H28N4O2/c1-24(2,3)21-16-20(17-8-5-4-6-9-17)27-23(28-21)29(26)19-12-10-18(11-13-19)25(22(30)31)14-7-15-25/h4-6,8-13,16H,7,14-15,26H2,1-3H3,(H,30,31). The molecule has 0 saturated heterocycles. The van der Waals surface area contributed by atoms with E-state index in [2.05, 4.69) is 20.8 Å². The SMILES string of the molecule is CC(C)(C)c1cc(-c2ccccc2)nc(N(N)c2ccc(C3(C(=O)O)CCC3)cc2)n1. The molecule has 0 spiro atoms. The van der Waals surface area contributed by atoms with Gasteiger partial charge in [0.15, 0.2) is 0 Å². The van der Waals surface area contributed by atoms with Crippen LogP contribution in [0.1, 0.15) is 51.3 Å². The van der Waals surface area contributed by atoms with E-state index in [1.807, 2.05) is 60.7 Å². The smallest absolute Gasteiger partial charge is 0.314 e. The Morgan fingerprint density at radius 1 is 1.03 bits per heavy atom. The van der Waals surface area contributed by atoms with Gasteiger partial charge in [0, 0.05) is 11.0 Å². The number of carboxylic acid groups (broad SMARTS) is 1. The Morgan fingerprint density at radius 2 is 1.68 bits per heavy atom. The molecule has 0 amide bonds. The van der Waals surface area contributed by atoms with E-state index in [4.69, 9.17) is 15.8 Å². The third-order valence-electron chi connectivity index (χ3n) is 6.08. The number of benzene rings is 2. The molecule has 6 nitrogen and oxygen atoms in total. The van der Waals surface area contributed by atoms with Crippen LogP contribution in [0.4, 0.5) is 11.6 Å². The zero-order valence-corrected chi connectivity index (χ0v) is 18.2. The maximum atomic E-state index is 11.8. The highest BCUT2D eigenvalue weighted by atomic mass is 16.4. The molecule has 1 aliphatic carbocycles. The Bertz CT molecular complexity index is 1080. The van der Waals surface area contributed by atoms with Crippen molar-refractivity contribution in [1.29, 1.82) is 0 Å². The molecule has 0 aliphatic heterocycles. The van der Waals surface area contributed by atoms with Gasteiger partial charge in [-0.3, -0.25) is 4.79 Å². The lowest BCUT2D eigenvalue weighted by Crippen LogP contribution is -2.42. The Kier molecular flexibility index (Phi) is 5.27. The summed E-state index contributed by atoms with van der Waals surface area (Å²) < 4.78 is 0. The number of aromatic nitrogens is 2. The zero-order chi connectivity index (χ0) is 22.2. The minimum Gasteiger partial charge on any atom is -0.481 e. The Labute approximate surface area is 182 Å². The van der Waals surface area contributed by atoms with E-state index >= 15 is 0 Å². The summed E-state index contributed by atoms with van der Waals surface area (Å²) in [5.74, 6) is 6.07. The Balaban J connectivity index is 1.71. The van der Waals surface area contributed by atoms with Gasteiger partial charge in [-0.2, -0.15) is 0 Å². The van der Waals surface area contributed by atoms with Crippen LogP contribution in [0.2, 0.25) is 0 Å². The molecule has 6 heteroatoms. The van der Waals surface area contributed by atoms with Gasteiger partial charge in [-0.25, -0.2) is 20.8 Å². The molecule has 160 valence electrons. The second kappa shape index (κ2) is 7.78. The van der Waals surface area contributed by atoms with E-state index in [0.717, 1.165) is 28.9 Å². The molecule has 1 aliphatic rings. The topological polar surface area (TPSA) is 92.3 Å². The molecule has 3 aromatic rings. The zero-order valence-electron chi connectivity index (χ0n) is 18.2. The molecule has 0 unspecified atom stereocenters. The Hall–Kier alpha value is -3.25. The molecular weight excluding hydrogens is 388 g/mol. The number of nitrogens with two attached hydrogens (primary N) is 1. The number of carbonyl (C=O) groups is 1. The lowest BCUT2D eigenvalue weighted by molar-refractivity contribution is -0.147. The second-order valence-corrected chi connectivity index (χ2v) is 9.21. The summed E-state index contributed by atoms with van der Waals surface area (Å²) in [6, 6.07) is 19.3. The molecule has 0 atom stereocenters. The number of hydrogen-bond acceptors (Lipinski definition) is 5. The third-order valence-corrected chi connectivity index (χ3v) is 6.08. The van der Waals surface area contributed by atoms with Gasteiger partial charge in [-0.15, -0.1) is 0 Å². The van der Waals surface area contributed by atoms with Crippen LogP contribution in [-0.2, 0) is 15.6 Å². The predicted octanol–water partition coefficient (Wildman–Crippen LogP) is 4.96. The normalized spacial score (nSPS) is 15.2. The number of aliphatic carboxylic acids is 1. The first-order chi connectivity index (χ1) is 14.7. The van der Waals surface area contributed by atoms with E-state index in [0.29, 0.717) is 24.5 Å². The van der Waals surface area contributed by atoms with Gasteiger partial charge >= 0.3 is 5.97 Å². The van der Waals surface area contributed by atoms with Crippen molar-refractivity contribution in [3.8, 4) is 11.3 Å². The highest BCUT2D eigenvalue weighted by Gasteiger charge is 2.45. The number of rotatable bonds is 5. The van der Waals surface area contributed by atoms with Gasteiger partial charge in [0.05, 0.1) is 22.5 Å². The molecule has 2 aromatic carbocycles.